The molecule has 3 aromatic rings. The van der Waals surface area contributed by atoms with Gasteiger partial charge in [-0.15, -0.1) is 0 Å². The number of nitrogens with zero attached hydrogens (tertiary/aromatic N) is 3. The first-order chi connectivity index (χ1) is 13.0. The van der Waals surface area contributed by atoms with E-state index in [9.17, 15) is 4.39 Å². The zero-order chi connectivity index (χ0) is 19.4. The highest BCUT2D eigenvalue weighted by Gasteiger charge is 2.10. The second-order valence-corrected chi connectivity index (χ2v) is 6.06. The molecule has 0 saturated carbocycles. The van der Waals surface area contributed by atoms with Crippen molar-refractivity contribution >= 4 is 23.0 Å². The minimum absolute atomic E-state index is 0.0775. The van der Waals surface area contributed by atoms with Crippen LogP contribution in [0.4, 0.5) is 27.4 Å². The number of benzene rings is 2. The first kappa shape index (κ1) is 17.9. The molecule has 132 valence electrons. The number of aromatic nitrogens is 1. The van der Waals surface area contributed by atoms with E-state index >= 15 is 0 Å². The SMILES string of the molecule is Cc1cc(C#N)cc(C)c1Nc1ccc(F)c(Nc2ccc(C#N)cc2)n1. The molecule has 3 rings (SSSR count). The summed E-state index contributed by atoms with van der Waals surface area (Å²) in [5.74, 6) is 0.0651. The summed E-state index contributed by atoms with van der Waals surface area (Å²) in [6, 6.07) is 17.3. The average Bonchev–Trinajstić information content (AvgIpc) is 2.67. The molecule has 2 aromatic carbocycles. The van der Waals surface area contributed by atoms with Gasteiger partial charge in [0.25, 0.3) is 0 Å². The summed E-state index contributed by atoms with van der Waals surface area (Å²) < 4.78 is 14.2. The minimum atomic E-state index is -0.488. The number of anilines is 4. The van der Waals surface area contributed by atoms with Gasteiger partial charge in [-0.1, -0.05) is 0 Å². The van der Waals surface area contributed by atoms with E-state index in [2.05, 4.69) is 21.7 Å². The van der Waals surface area contributed by atoms with Crippen LogP contribution in [-0.4, -0.2) is 4.98 Å². The molecule has 1 aromatic heterocycles. The Kier molecular flexibility index (Phi) is 5.01. The summed E-state index contributed by atoms with van der Waals surface area (Å²) in [6.07, 6.45) is 0. The molecule has 1 heterocycles. The Morgan fingerprint density at radius 2 is 1.48 bits per heavy atom. The lowest BCUT2D eigenvalue weighted by Gasteiger charge is -2.14. The smallest absolute Gasteiger partial charge is 0.168 e. The standard InChI is InChI=1S/C21H16FN5/c1-13-9-16(12-24)10-14(2)20(13)26-19-8-7-18(22)21(27-19)25-17-5-3-15(11-23)4-6-17/h3-10H,1-2H3,(H2,25,26,27). The summed E-state index contributed by atoms with van der Waals surface area (Å²) in [5, 5.41) is 24.0. The number of aryl methyl sites for hydroxylation is 2. The molecule has 0 aliphatic heterocycles. The fourth-order valence-electron chi connectivity index (χ4n) is 2.72. The van der Waals surface area contributed by atoms with Gasteiger partial charge < -0.3 is 10.6 Å². The van der Waals surface area contributed by atoms with E-state index < -0.39 is 5.82 Å². The van der Waals surface area contributed by atoms with Gasteiger partial charge >= 0.3 is 0 Å². The lowest BCUT2D eigenvalue weighted by molar-refractivity contribution is 0.627. The van der Waals surface area contributed by atoms with Crippen LogP contribution in [0.15, 0.2) is 48.5 Å². The average molecular weight is 357 g/mol. The van der Waals surface area contributed by atoms with Gasteiger partial charge in [0.05, 0.1) is 23.3 Å². The van der Waals surface area contributed by atoms with Gasteiger partial charge in [0.15, 0.2) is 11.6 Å². The molecule has 0 bridgehead atoms. The number of rotatable bonds is 4. The first-order valence-electron chi connectivity index (χ1n) is 8.22. The molecule has 5 nitrogen and oxygen atoms in total. The van der Waals surface area contributed by atoms with E-state index in [1.165, 1.54) is 6.07 Å². The van der Waals surface area contributed by atoms with E-state index in [0.717, 1.165) is 16.8 Å². The summed E-state index contributed by atoms with van der Waals surface area (Å²) in [4.78, 5) is 4.30. The zero-order valence-corrected chi connectivity index (χ0v) is 14.8. The van der Waals surface area contributed by atoms with Crippen LogP contribution in [0, 0.1) is 42.3 Å². The summed E-state index contributed by atoms with van der Waals surface area (Å²) in [6.45, 7) is 3.80. The second kappa shape index (κ2) is 7.55. The topological polar surface area (TPSA) is 84.5 Å². The Morgan fingerprint density at radius 1 is 0.852 bits per heavy atom. The van der Waals surface area contributed by atoms with E-state index in [-0.39, 0.29) is 5.82 Å². The molecule has 0 aliphatic carbocycles. The lowest BCUT2D eigenvalue weighted by atomic mass is 10.0. The number of nitrogens with one attached hydrogen (secondary N) is 2. The predicted octanol–water partition coefficient (Wildman–Crippen LogP) is 5.07. The number of halogens is 1. The number of hydrogen-bond donors (Lipinski definition) is 2. The molecule has 2 N–H and O–H groups in total. The van der Waals surface area contributed by atoms with Crippen molar-refractivity contribution in [2.45, 2.75) is 13.8 Å². The van der Waals surface area contributed by atoms with Gasteiger partial charge in [-0.05, 0) is 73.5 Å². The molecule has 0 radical (unpaired) electrons. The first-order valence-corrected chi connectivity index (χ1v) is 8.22. The summed E-state index contributed by atoms with van der Waals surface area (Å²) in [5.41, 5.74) is 4.38. The molecule has 0 atom stereocenters. The lowest BCUT2D eigenvalue weighted by Crippen LogP contribution is -2.03. The fourth-order valence-corrected chi connectivity index (χ4v) is 2.72. The van der Waals surface area contributed by atoms with Crippen molar-refractivity contribution in [1.82, 2.24) is 4.98 Å². The third-order valence-corrected chi connectivity index (χ3v) is 4.04. The number of hydrogen-bond acceptors (Lipinski definition) is 5. The molecule has 0 fully saturated rings. The molecule has 27 heavy (non-hydrogen) atoms. The highest BCUT2D eigenvalue weighted by Crippen LogP contribution is 2.27. The van der Waals surface area contributed by atoms with Crippen LogP contribution in [0.25, 0.3) is 0 Å². The van der Waals surface area contributed by atoms with Gasteiger partial charge in [-0.2, -0.15) is 10.5 Å². The highest BCUT2D eigenvalue weighted by molar-refractivity contribution is 5.68. The van der Waals surface area contributed by atoms with Gasteiger partial charge in [0.2, 0.25) is 0 Å². The maximum Gasteiger partial charge on any atom is 0.168 e. The number of pyridine rings is 1. The van der Waals surface area contributed by atoms with Crippen molar-refractivity contribution in [3.63, 3.8) is 0 Å². The quantitative estimate of drug-likeness (QED) is 0.681. The number of nitriles is 2. The van der Waals surface area contributed by atoms with E-state index in [4.69, 9.17) is 10.5 Å². The molecule has 0 unspecified atom stereocenters. The van der Waals surface area contributed by atoms with Crippen LogP contribution < -0.4 is 10.6 Å². The van der Waals surface area contributed by atoms with Crippen molar-refractivity contribution in [2.75, 3.05) is 10.6 Å². The Bertz CT molecular complexity index is 1050. The molecule has 0 spiro atoms. The van der Waals surface area contributed by atoms with Crippen LogP contribution in [0.5, 0.6) is 0 Å². The molecule has 6 heteroatoms. The molecule has 0 amide bonds. The normalized spacial score (nSPS) is 9.96. The van der Waals surface area contributed by atoms with Crippen molar-refractivity contribution in [1.29, 1.82) is 10.5 Å². The maximum absolute atomic E-state index is 14.2. The summed E-state index contributed by atoms with van der Waals surface area (Å²) in [7, 11) is 0. The highest BCUT2D eigenvalue weighted by atomic mass is 19.1. The van der Waals surface area contributed by atoms with Crippen LogP contribution in [-0.2, 0) is 0 Å². The Balaban J connectivity index is 1.87. The molecular weight excluding hydrogens is 341 g/mol. The van der Waals surface area contributed by atoms with E-state index in [1.54, 1.807) is 42.5 Å². The third-order valence-electron chi connectivity index (χ3n) is 4.04. The minimum Gasteiger partial charge on any atom is -0.340 e. The molecule has 0 saturated heterocycles. The van der Waals surface area contributed by atoms with E-state index in [0.29, 0.717) is 22.6 Å². The van der Waals surface area contributed by atoms with Crippen molar-refractivity contribution in [2.24, 2.45) is 0 Å². The second-order valence-electron chi connectivity index (χ2n) is 6.06. The van der Waals surface area contributed by atoms with Crippen LogP contribution >= 0.6 is 0 Å². The van der Waals surface area contributed by atoms with Crippen LogP contribution in [0.3, 0.4) is 0 Å². The van der Waals surface area contributed by atoms with E-state index in [1.807, 2.05) is 19.9 Å². The summed E-state index contributed by atoms with van der Waals surface area (Å²) >= 11 is 0. The Labute approximate surface area is 156 Å². The molecular formula is C21H16FN5. The largest absolute Gasteiger partial charge is 0.340 e. The van der Waals surface area contributed by atoms with Gasteiger partial charge in [-0.25, -0.2) is 9.37 Å². The van der Waals surface area contributed by atoms with Gasteiger partial charge in [0.1, 0.15) is 5.82 Å². The van der Waals surface area contributed by atoms with Crippen molar-refractivity contribution in [3.05, 3.63) is 76.6 Å². The van der Waals surface area contributed by atoms with Crippen LogP contribution in [0.1, 0.15) is 22.3 Å². The Hall–Kier alpha value is -3.90. The van der Waals surface area contributed by atoms with Crippen molar-refractivity contribution in [3.8, 4) is 12.1 Å². The van der Waals surface area contributed by atoms with Gasteiger partial charge in [0, 0.05) is 11.4 Å². The monoisotopic (exact) mass is 357 g/mol. The third kappa shape index (κ3) is 4.02. The van der Waals surface area contributed by atoms with Gasteiger partial charge in [-0.3, -0.25) is 0 Å². The van der Waals surface area contributed by atoms with Crippen LogP contribution in [0.2, 0.25) is 0 Å². The predicted molar refractivity (Wildman–Crippen MR) is 103 cm³/mol. The molecule has 0 aliphatic rings. The fraction of sp³-hybridized carbons (Fsp3) is 0.0952. The van der Waals surface area contributed by atoms with Crippen molar-refractivity contribution < 1.29 is 4.39 Å². The zero-order valence-electron chi connectivity index (χ0n) is 14.8. The maximum atomic E-state index is 14.2. The Morgan fingerprint density at radius 3 is 2.07 bits per heavy atom.